The van der Waals surface area contributed by atoms with Crippen LogP contribution < -0.4 is 0 Å². The van der Waals surface area contributed by atoms with Gasteiger partial charge in [-0.2, -0.15) is 0 Å². The summed E-state index contributed by atoms with van der Waals surface area (Å²) >= 11 is 0. The number of ketones is 1. The third-order valence-corrected chi connectivity index (χ3v) is 6.27. The third kappa shape index (κ3) is 2.68. The first kappa shape index (κ1) is 14.9. The molecule has 0 N–H and O–H groups in total. The molecule has 4 nitrogen and oxygen atoms in total. The molecule has 5 heteroatoms. The van der Waals surface area contributed by atoms with Crippen LogP contribution in [0.3, 0.4) is 0 Å². The van der Waals surface area contributed by atoms with Crippen LogP contribution in [0.5, 0.6) is 0 Å². The Kier molecular flexibility index (Phi) is 4.07. The number of pyridine rings is 1. The normalized spacial score (nSPS) is 20.0. The molecule has 1 aliphatic carbocycles. The number of aromatic nitrogens is 1. The summed E-state index contributed by atoms with van der Waals surface area (Å²) in [5.74, 6) is -0.477. The molecule has 1 aliphatic rings. The van der Waals surface area contributed by atoms with E-state index in [2.05, 4.69) is 4.98 Å². The smallest absolute Gasteiger partial charge is 0.187 e. The lowest BCUT2D eigenvalue weighted by atomic mass is 10.00. The molecule has 0 saturated heterocycles. The molecule has 0 amide bonds. The first-order chi connectivity index (χ1) is 10.6. The van der Waals surface area contributed by atoms with Crippen LogP contribution in [0.25, 0.3) is 0 Å². The molecular formula is C17H17NO3S. The summed E-state index contributed by atoms with van der Waals surface area (Å²) in [5, 5.41) is -0.897. The van der Waals surface area contributed by atoms with Gasteiger partial charge in [0.15, 0.2) is 9.84 Å². The third-order valence-electron chi connectivity index (χ3n) is 4.10. The SMILES string of the molecule is O=C1CCCC1C(c1ccccn1)S(=O)(=O)c1ccccc1. The van der Waals surface area contributed by atoms with E-state index in [4.69, 9.17) is 0 Å². The van der Waals surface area contributed by atoms with Crippen molar-refractivity contribution in [3.63, 3.8) is 0 Å². The van der Waals surface area contributed by atoms with Crippen LogP contribution in [-0.4, -0.2) is 19.2 Å². The fraction of sp³-hybridized carbons (Fsp3) is 0.294. The summed E-state index contributed by atoms with van der Waals surface area (Å²) < 4.78 is 26.1. The number of carbonyl (C=O) groups excluding carboxylic acids is 1. The van der Waals surface area contributed by atoms with Crippen LogP contribution in [0.1, 0.15) is 30.2 Å². The van der Waals surface area contributed by atoms with Gasteiger partial charge in [-0.15, -0.1) is 0 Å². The lowest BCUT2D eigenvalue weighted by Crippen LogP contribution is -2.26. The summed E-state index contributed by atoms with van der Waals surface area (Å²) in [7, 11) is -3.65. The van der Waals surface area contributed by atoms with Crippen LogP contribution in [0, 0.1) is 5.92 Å². The molecule has 22 heavy (non-hydrogen) atoms. The molecular weight excluding hydrogens is 298 g/mol. The maximum absolute atomic E-state index is 13.1. The van der Waals surface area contributed by atoms with Gasteiger partial charge < -0.3 is 0 Å². The van der Waals surface area contributed by atoms with Crippen molar-refractivity contribution < 1.29 is 13.2 Å². The Labute approximate surface area is 130 Å². The van der Waals surface area contributed by atoms with E-state index in [1.54, 1.807) is 54.7 Å². The van der Waals surface area contributed by atoms with Crippen molar-refractivity contribution in [3.05, 3.63) is 60.4 Å². The zero-order valence-corrected chi connectivity index (χ0v) is 12.9. The molecule has 0 bridgehead atoms. The maximum Gasteiger partial charge on any atom is 0.187 e. The van der Waals surface area contributed by atoms with E-state index in [9.17, 15) is 13.2 Å². The number of Topliss-reactive ketones (excluding diaryl/α,β-unsaturated/α-hetero) is 1. The zero-order valence-electron chi connectivity index (χ0n) is 12.1. The Balaban J connectivity index is 2.12. The van der Waals surface area contributed by atoms with Crippen molar-refractivity contribution in [3.8, 4) is 0 Å². The molecule has 2 aromatic rings. The van der Waals surface area contributed by atoms with Gasteiger partial charge in [-0.05, 0) is 37.1 Å². The number of hydrogen-bond acceptors (Lipinski definition) is 4. The topological polar surface area (TPSA) is 64.1 Å². The van der Waals surface area contributed by atoms with Gasteiger partial charge in [-0.25, -0.2) is 8.42 Å². The number of sulfone groups is 1. The van der Waals surface area contributed by atoms with Crippen molar-refractivity contribution in [1.29, 1.82) is 0 Å². The molecule has 1 saturated carbocycles. The van der Waals surface area contributed by atoms with Crippen molar-refractivity contribution in [2.45, 2.75) is 29.4 Å². The predicted molar refractivity (Wildman–Crippen MR) is 83.0 cm³/mol. The van der Waals surface area contributed by atoms with Crippen LogP contribution in [-0.2, 0) is 14.6 Å². The number of carbonyl (C=O) groups is 1. The van der Waals surface area contributed by atoms with E-state index < -0.39 is 21.0 Å². The fourth-order valence-electron chi connectivity index (χ4n) is 3.05. The van der Waals surface area contributed by atoms with Crippen molar-refractivity contribution >= 4 is 15.6 Å². The van der Waals surface area contributed by atoms with Crippen molar-refractivity contribution in [2.75, 3.05) is 0 Å². The van der Waals surface area contributed by atoms with Gasteiger partial charge in [0.25, 0.3) is 0 Å². The Morgan fingerprint density at radius 1 is 1.05 bits per heavy atom. The van der Waals surface area contributed by atoms with Crippen LogP contribution >= 0.6 is 0 Å². The molecule has 1 aromatic carbocycles. The summed E-state index contributed by atoms with van der Waals surface area (Å²) in [6.07, 6.45) is 3.38. The number of benzene rings is 1. The Morgan fingerprint density at radius 3 is 2.36 bits per heavy atom. The Hall–Kier alpha value is -2.01. The van der Waals surface area contributed by atoms with Gasteiger partial charge in [-0.3, -0.25) is 9.78 Å². The second-order valence-electron chi connectivity index (χ2n) is 5.50. The van der Waals surface area contributed by atoms with Gasteiger partial charge in [-0.1, -0.05) is 24.3 Å². The monoisotopic (exact) mass is 315 g/mol. The summed E-state index contributed by atoms with van der Waals surface area (Å²) in [6, 6.07) is 13.5. The molecule has 2 atom stereocenters. The number of hydrogen-bond donors (Lipinski definition) is 0. The highest BCUT2D eigenvalue weighted by molar-refractivity contribution is 7.91. The molecule has 1 aromatic heterocycles. The van der Waals surface area contributed by atoms with Crippen LogP contribution in [0.4, 0.5) is 0 Å². The van der Waals surface area contributed by atoms with Gasteiger partial charge in [0.1, 0.15) is 11.0 Å². The Bertz CT molecular complexity index is 757. The molecule has 1 fully saturated rings. The fourth-order valence-corrected chi connectivity index (χ4v) is 5.05. The van der Waals surface area contributed by atoms with Gasteiger partial charge in [0, 0.05) is 18.5 Å². The summed E-state index contributed by atoms with van der Waals surface area (Å²) in [5.41, 5.74) is 0.451. The van der Waals surface area contributed by atoms with E-state index in [1.807, 2.05) is 0 Å². The predicted octanol–water partition coefficient (Wildman–Crippen LogP) is 2.97. The minimum atomic E-state index is -3.65. The summed E-state index contributed by atoms with van der Waals surface area (Å²) in [6.45, 7) is 0. The number of nitrogens with zero attached hydrogens (tertiary/aromatic N) is 1. The first-order valence-electron chi connectivity index (χ1n) is 7.33. The maximum atomic E-state index is 13.1. The van der Waals surface area contributed by atoms with Crippen LogP contribution in [0.2, 0.25) is 0 Å². The minimum absolute atomic E-state index is 0.0233. The van der Waals surface area contributed by atoms with E-state index in [0.29, 0.717) is 18.5 Å². The zero-order chi connectivity index (χ0) is 15.6. The second-order valence-corrected chi connectivity index (χ2v) is 7.57. The highest BCUT2D eigenvalue weighted by Gasteiger charge is 2.42. The Morgan fingerprint density at radius 2 is 1.77 bits per heavy atom. The van der Waals surface area contributed by atoms with Crippen molar-refractivity contribution in [2.24, 2.45) is 5.92 Å². The van der Waals surface area contributed by atoms with Crippen LogP contribution in [0.15, 0.2) is 59.6 Å². The van der Waals surface area contributed by atoms with Gasteiger partial charge in [0.05, 0.1) is 10.6 Å². The second kappa shape index (κ2) is 6.01. The quantitative estimate of drug-likeness (QED) is 0.870. The average Bonchev–Trinajstić information content (AvgIpc) is 2.95. The highest BCUT2D eigenvalue weighted by Crippen LogP contribution is 2.40. The lowest BCUT2D eigenvalue weighted by Gasteiger charge is -2.22. The highest BCUT2D eigenvalue weighted by atomic mass is 32.2. The van der Waals surface area contributed by atoms with Crippen molar-refractivity contribution in [1.82, 2.24) is 4.98 Å². The molecule has 3 rings (SSSR count). The molecule has 0 radical (unpaired) electrons. The summed E-state index contributed by atoms with van der Waals surface area (Å²) in [4.78, 5) is 16.6. The van der Waals surface area contributed by atoms with Gasteiger partial charge in [0.2, 0.25) is 0 Å². The van der Waals surface area contributed by atoms with E-state index in [-0.39, 0.29) is 10.7 Å². The molecule has 114 valence electrons. The standard InChI is InChI=1S/C17H17NO3S/c19-16-11-6-9-14(16)17(15-10-4-5-12-18-15)22(20,21)13-7-2-1-3-8-13/h1-5,7-8,10,12,14,17H,6,9,11H2. The van der Waals surface area contributed by atoms with E-state index in [0.717, 1.165) is 6.42 Å². The minimum Gasteiger partial charge on any atom is -0.299 e. The van der Waals surface area contributed by atoms with E-state index in [1.165, 1.54) is 0 Å². The number of rotatable bonds is 4. The molecule has 0 aliphatic heterocycles. The largest absolute Gasteiger partial charge is 0.299 e. The molecule has 2 unspecified atom stereocenters. The average molecular weight is 315 g/mol. The first-order valence-corrected chi connectivity index (χ1v) is 8.88. The van der Waals surface area contributed by atoms with Gasteiger partial charge >= 0.3 is 0 Å². The van der Waals surface area contributed by atoms with E-state index >= 15 is 0 Å². The molecule has 1 heterocycles. The molecule has 0 spiro atoms. The lowest BCUT2D eigenvalue weighted by molar-refractivity contribution is -0.120.